The minimum absolute atomic E-state index is 0.508. The zero-order valence-electron chi connectivity index (χ0n) is 9.95. The number of rotatable bonds is 3. The Morgan fingerprint density at radius 3 is 2.71 bits per heavy atom. The lowest BCUT2D eigenvalue weighted by Gasteiger charge is -2.20. The number of allylic oxidation sites excluding steroid dienone is 8. The highest BCUT2D eigenvalue weighted by Gasteiger charge is 2.12. The van der Waals surface area contributed by atoms with E-state index in [2.05, 4.69) is 35.7 Å². The van der Waals surface area contributed by atoms with E-state index in [1.54, 1.807) is 0 Å². The number of nitrogens with two attached hydrogens (primary N) is 2. The van der Waals surface area contributed by atoms with Gasteiger partial charge in [0.2, 0.25) is 0 Å². The second-order valence-electron chi connectivity index (χ2n) is 4.22. The average molecular weight is 229 g/mol. The molecule has 0 aromatic heterocycles. The van der Waals surface area contributed by atoms with Crippen LogP contribution >= 0.6 is 0 Å². The summed E-state index contributed by atoms with van der Waals surface area (Å²) in [5, 5.41) is 3.18. The van der Waals surface area contributed by atoms with Crippen LogP contribution in [-0.2, 0) is 0 Å². The highest BCUT2D eigenvalue weighted by atomic mass is 15.0. The van der Waals surface area contributed by atoms with E-state index in [1.807, 2.05) is 0 Å². The zero-order valence-corrected chi connectivity index (χ0v) is 9.95. The second-order valence-corrected chi connectivity index (χ2v) is 4.22. The van der Waals surface area contributed by atoms with Crippen LogP contribution in [0, 0.1) is 0 Å². The van der Waals surface area contributed by atoms with Gasteiger partial charge in [-0.3, -0.25) is 0 Å². The first-order valence-corrected chi connectivity index (χ1v) is 6.02. The largest absolute Gasteiger partial charge is 0.402 e. The maximum atomic E-state index is 5.72. The van der Waals surface area contributed by atoms with E-state index >= 15 is 0 Å². The summed E-state index contributed by atoms with van der Waals surface area (Å²) in [6, 6.07) is 0. The van der Waals surface area contributed by atoms with Gasteiger partial charge in [0.1, 0.15) is 5.82 Å². The SMILES string of the molecule is N/C=C(\N)NC1=C(C2=CCCC=C2)C=CCC1. The Morgan fingerprint density at radius 2 is 2.00 bits per heavy atom. The van der Waals surface area contributed by atoms with Crippen LogP contribution in [-0.4, -0.2) is 0 Å². The molecule has 2 aliphatic carbocycles. The maximum absolute atomic E-state index is 5.72. The van der Waals surface area contributed by atoms with Gasteiger partial charge in [-0.25, -0.2) is 0 Å². The van der Waals surface area contributed by atoms with Crippen molar-refractivity contribution in [3.8, 4) is 0 Å². The Kier molecular flexibility index (Phi) is 3.70. The molecule has 2 aliphatic rings. The molecule has 0 saturated heterocycles. The predicted molar refractivity (Wildman–Crippen MR) is 71.5 cm³/mol. The van der Waals surface area contributed by atoms with Gasteiger partial charge >= 0.3 is 0 Å². The van der Waals surface area contributed by atoms with Crippen molar-refractivity contribution in [2.75, 3.05) is 0 Å². The van der Waals surface area contributed by atoms with Gasteiger partial charge in [0.15, 0.2) is 0 Å². The fraction of sp³-hybridized carbons (Fsp3) is 0.286. The molecule has 0 saturated carbocycles. The van der Waals surface area contributed by atoms with Gasteiger partial charge in [-0.15, -0.1) is 0 Å². The Labute approximate surface area is 102 Å². The first-order valence-electron chi connectivity index (χ1n) is 6.02. The van der Waals surface area contributed by atoms with E-state index in [0.717, 1.165) is 31.4 Å². The highest BCUT2D eigenvalue weighted by molar-refractivity contribution is 5.51. The third-order valence-electron chi connectivity index (χ3n) is 2.95. The minimum atomic E-state index is 0.508. The molecule has 3 nitrogen and oxygen atoms in total. The zero-order chi connectivity index (χ0) is 12.1. The third kappa shape index (κ3) is 2.81. The number of hydrogen-bond donors (Lipinski definition) is 3. The number of nitrogens with one attached hydrogen (secondary N) is 1. The summed E-state index contributed by atoms with van der Waals surface area (Å²) in [5.41, 5.74) is 14.8. The van der Waals surface area contributed by atoms with Crippen LogP contribution in [0.3, 0.4) is 0 Å². The van der Waals surface area contributed by atoms with Gasteiger partial charge in [0.25, 0.3) is 0 Å². The van der Waals surface area contributed by atoms with Crippen LogP contribution < -0.4 is 16.8 Å². The molecule has 2 rings (SSSR count). The molecule has 0 aromatic rings. The quantitative estimate of drug-likeness (QED) is 0.695. The molecule has 17 heavy (non-hydrogen) atoms. The molecule has 0 aromatic carbocycles. The van der Waals surface area contributed by atoms with Gasteiger partial charge in [-0.05, 0) is 31.3 Å². The van der Waals surface area contributed by atoms with Gasteiger partial charge < -0.3 is 16.8 Å². The molecule has 0 spiro atoms. The van der Waals surface area contributed by atoms with Crippen LogP contribution in [0.25, 0.3) is 0 Å². The molecule has 5 N–H and O–H groups in total. The van der Waals surface area contributed by atoms with Crippen molar-refractivity contribution in [2.45, 2.75) is 25.7 Å². The number of hydrogen-bond acceptors (Lipinski definition) is 3. The van der Waals surface area contributed by atoms with E-state index in [0.29, 0.717) is 5.82 Å². The van der Waals surface area contributed by atoms with Crippen LogP contribution in [0.1, 0.15) is 25.7 Å². The summed E-state index contributed by atoms with van der Waals surface area (Å²) >= 11 is 0. The van der Waals surface area contributed by atoms with Crippen molar-refractivity contribution in [3.05, 3.63) is 59.2 Å². The van der Waals surface area contributed by atoms with E-state index in [4.69, 9.17) is 11.5 Å². The summed E-state index contributed by atoms with van der Waals surface area (Å²) in [6.45, 7) is 0. The first kappa shape index (κ1) is 11.6. The molecule has 0 atom stereocenters. The summed E-state index contributed by atoms with van der Waals surface area (Å²) < 4.78 is 0. The molecule has 0 aliphatic heterocycles. The highest BCUT2D eigenvalue weighted by Crippen LogP contribution is 2.26. The summed E-state index contributed by atoms with van der Waals surface area (Å²) in [5.74, 6) is 0.508. The van der Waals surface area contributed by atoms with Crippen LogP contribution in [0.4, 0.5) is 0 Å². The molecule has 0 radical (unpaired) electrons. The maximum Gasteiger partial charge on any atom is 0.116 e. The molecule has 0 bridgehead atoms. The first-order chi connectivity index (χ1) is 8.31. The third-order valence-corrected chi connectivity index (χ3v) is 2.95. The Hall–Kier alpha value is -1.90. The monoisotopic (exact) mass is 229 g/mol. The average Bonchev–Trinajstić information content (AvgIpc) is 2.40. The van der Waals surface area contributed by atoms with E-state index in [-0.39, 0.29) is 0 Å². The molecular weight excluding hydrogens is 210 g/mol. The van der Waals surface area contributed by atoms with Crippen molar-refractivity contribution in [1.29, 1.82) is 0 Å². The summed E-state index contributed by atoms with van der Waals surface area (Å²) in [4.78, 5) is 0. The van der Waals surface area contributed by atoms with Crippen molar-refractivity contribution in [3.63, 3.8) is 0 Å². The summed E-state index contributed by atoms with van der Waals surface area (Å²) in [7, 11) is 0. The second kappa shape index (κ2) is 5.43. The fourth-order valence-electron chi connectivity index (χ4n) is 2.09. The van der Waals surface area contributed by atoms with E-state index in [9.17, 15) is 0 Å². The van der Waals surface area contributed by atoms with E-state index in [1.165, 1.54) is 17.3 Å². The Balaban J connectivity index is 2.28. The lowest BCUT2D eigenvalue weighted by atomic mass is 9.93. The minimum Gasteiger partial charge on any atom is -0.402 e. The molecule has 0 amide bonds. The van der Waals surface area contributed by atoms with Crippen molar-refractivity contribution >= 4 is 0 Å². The lowest BCUT2D eigenvalue weighted by molar-refractivity contribution is 0.812. The smallest absolute Gasteiger partial charge is 0.116 e. The predicted octanol–water partition coefficient (Wildman–Crippen LogP) is 2.17. The van der Waals surface area contributed by atoms with Crippen molar-refractivity contribution in [1.82, 2.24) is 5.32 Å². The molecule has 0 heterocycles. The standard InChI is InChI=1S/C14H19N3/c15-10-14(16)17-13-9-5-4-8-12(13)11-6-2-1-3-7-11/h2,4,6-8,10,17H,1,3,5,9,15-16H2/b14-10+. The molecule has 0 unspecified atom stereocenters. The molecule has 3 heteroatoms. The summed E-state index contributed by atoms with van der Waals surface area (Å²) in [6.07, 6.45) is 16.7. The Bertz CT molecular complexity index is 436. The van der Waals surface area contributed by atoms with Crippen LogP contribution in [0.5, 0.6) is 0 Å². The fourth-order valence-corrected chi connectivity index (χ4v) is 2.09. The van der Waals surface area contributed by atoms with Gasteiger partial charge in [-0.2, -0.15) is 0 Å². The molecular formula is C14H19N3. The Morgan fingerprint density at radius 1 is 1.18 bits per heavy atom. The van der Waals surface area contributed by atoms with Gasteiger partial charge in [0.05, 0.1) is 0 Å². The molecule has 90 valence electrons. The molecule has 0 fully saturated rings. The van der Waals surface area contributed by atoms with Crippen molar-refractivity contribution < 1.29 is 0 Å². The van der Waals surface area contributed by atoms with Gasteiger partial charge in [-0.1, -0.05) is 30.4 Å². The van der Waals surface area contributed by atoms with Crippen LogP contribution in [0.2, 0.25) is 0 Å². The lowest BCUT2D eigenvalue weighted by Crippen LogP contribution is -2.23. The van der Waals surface area contributed by atoms with Gasteiger partial charge in [0, 0.05) is 17.5 Å². The topological polar surface area (TPSA) is 64.1 Å². The van der Waals surface area contributed by atoms with Crippen molar-refractivity contribution in [2.24, 2.45) is 11.5 Å². The normalized spacial score (nSPS) is 20.5. The van der Waals surface area contributed by atoms with Crippen LogP contribution in [0.15, 0.2) is 59.2 Å². The van der Waals surface area contributed by atoms with E-state index < -0.39 is 0 Å².